The van der Waals surface area contributed by atoms with E-state index in [2.05, 4.69) is 0 Å². The van der Waals surface area contributed by atoms with Crippen molar-refractivity contribution in [3.05, 3.63) is 0 Å². The van der Waals surface area contributed by atoms with Gasteiger partial charge in [-0.2, -0.15) is 0 Å². The fourth-order valence-corrected chi connectivity index (χ4v) is 4.43. The normalized spacial score (nSPS) is 21.4. The van der Waals surface area contributed by atoms with Gasteiger partial charge in [-0.3, -0.25) is 9.59 Å². The molecule has 0 aromatic rings. The van der Waals surface area contributed by atoms with Crippen LogP contribution in [0.2, 0.25) is 0 Å². The lowest BCUT2D eigenvalue weighted by Gasteiger charge is -2.32. The van der Waals surface area contributed by atoms with Crippen LogP contribution in [0.4, 0.5) is 0 Å². The second-order valence-electron chi connectivity index (χ2n) is 7.59. The van der Waals surface area contributed by atoms with Crippen LogP contribution in [0.15, 0.2) is 0 Å². The summed E-state index contributed by atoms with van der Waals surface area (Å²) in [5, 5.41) is 0. The number of hydrogen-bond donors (Lipinski definition) is 0. The Balaban J connectivity index is 1.86. The standard InChI is InChI=1S/C17H31N3O4S/c1-14(2)13-16(21)18-7-4-8-19(12-11-18)17(22)15-5-9-20(10-6-15)25(3,23)24/h14-15H,4-13H2,1-3H3. The average molecular weight is 374 g/mol. The zero-order valence-electron chi connectivity index (χ0n) is 15.6. The summed E-state index contributed by atoms with van der Waals surface area (Å²) in [5.41, 5.74) is 0. The fraction of sp³-hybridized carbons (Fsp3) is 0.882. The first-order valence-electron chi connectivity index (χ1n) is 9.20. The zero-order chi connectivity index (χ0) is 18.6. The van der Waals surface area contributed by atoms with Gasteiger partial charge in [0.25, 0.3) is 0 Å². The van der Waals surface area contributed by atoms with E-state index in [1.165, 1.54) is 10.6 Å². The van der Waals surface area contributed by atoms with Gasteiger partial charge in [-0.1, -0.05) is 13.8 Å². The lowest BCUT2D eigenvalue weighted by atomic mass is 9.96. The predicted octanol–water partition coefficient (Wildman–Crippen LogP) is 0.765. The Hall–Kier alpha value is -1.15. The number of carbonyl (C=O) groups is 2. The third-order valence-corrected chi connectivity index (χ3v) is 6.32. The first-order valence-corrected chi connectivity index (χ1v) is 11.0. The van der Waals surface area contributed by atoms with Gasteiger partial charge in [0.15, 0.2) is 0 Å². The van der Waals surface area contributed by atoms with Crippen molar-refractivity contribution < 1.29 is 18.0 Å². The van der Waals surface area contributed by atoms with Crippen LogP contribution in [0.5, 0.6) is 0 Å². The summed E-state index contributed by atoms with van der Waals surface area (Å²) in [7, 11) is -3.17. The molecule has 0 spiro atoms. The molecule has 2 aliphatic rings. The Morgan fingerprint density at radius 1 is 0.960 bits per heavy atom. The van der Waals surface area contributed by atoms with Crippen molar-refractivity contribution in [2.75, 3.05) is 45.5 Å². The van der Waals surface area contributed by atoms with Gasteiger partial charge >= 0.3 is 0 Å². The quantitative estimate of drug-likeness (QED) is 0.729. The third-order valence-electron chi connectivity index (χ3n) is 5.02. The molecular weight excluding hydrogens is 342 g/mol. The minimum Gasteiger partial charge on any atom is -0.341 e. The molecule has 0 bridgehead atoms. The molecule has 0 aliphatic carbocycles. The van der Waals surface area contributed by atoms with Crippen LogP contribution in [0, 0.1) is 11.8 Å². The smallest absolute Gasteiger partial charge is 0.225 e. The fourth-order valence-electron chi connectivity index (χ4n) is 3.56. The van der Waals surface area contributed by atoms with Crippen LogP contribution in [0.25, 0.3) is 0 Å². The minimum absolute atomic E-state index is 0.101. The van der Waals surface area contributed by atoms with E-state index in [-0.39, 0.29) is 17.7 Å². The maximum absolute atomic E-state index is 12.8. The van der Waals surface area contributed by atoms with E-state index >= 15 is 0 Å². The van der Waals surface area contributed by atoms with Crippen molar-refractivity contribution in [2.24, 2.45) is 11.8 Å². The SMILES string of the molecule is CC(C)CC(=O)N1CCCN(C(=O)C2CCN(S(C)(=O)=O)CC2)CC1. The van der Waals surface area contributed by atoms with E-state index in [1.54, 1.807) is 0 Å². The summed E-state index contributed by atoms with van der Waals surface area (Å²) < 4.78 is 24.6. The lowest BCUT2D eigenvalue weighted by molar-refractivity contribution is -0.137. The third kappa shape index (κ3) is 5.67. The second kappa shape index (κ2) is 8.49. The largest absolute Gasteiger partial charge is 0.341 e. The molecule has 25 heavy (non-hydrogen) atoms. The summed E-state index contributed by atoms with van der Waals surface area (Å²) in [4.78, 5) is 28.7. The van der Waals surface area contributed by atoms with Gasteiger partial charge in [-0.15, -0.1) is 0 Å². The molecule has 8 heteroatoms. The van der Waals surface area contributed by atoms with E-state index in [9.17, 15) is 18.0 Å². The lowest BCUT2D eigenvalue weighted by Crippen LogP contribution is -2.45. The zero-order valence-corrected chi connectivity index (χ0v) is 16.4. The van der Waals surface area contributed by atoms with Crippen molar-refractivity contribution in [1.29, 1.82) is 0 Å². The molecule has 0 N–H and O–H groups in total. The van der Waals surface area contributed by atoms with Crippen molar-refractivity contribution in [3.63, 3.8) is 0 Å². The highest BCUT2D eigenvalue weighted by molar-refractivity contribution is 7.88. The number of piperidine rings is 1. The van der Waals surface area contributed by atoms with Crippen LogP contribution in [0.1, 0.15) is 39.5 Å². The predicted molar refractivity (Wildman–Crippen MR) is 96.4 cm³/mol. The van der Waals surface area contributed by atoms with Gasteiger partial charge in [-0.25, -0.2) is 12.7 Å². The molecule has 2 amide bonds. The molecule has 0 unspecified atom stereocenters. The Kier molecular flexibility index (Phi) is 6.85. The van der Waals surface area contributed by atoms with Crippen LogP contribution in [0.3, 0.4) is 0 Å². The molecule has 2 fully saturated rings. The van der Waals surface area contributed by atoms with Crippen molar-refractivity contribution >= 4 is 21.8 Å². The maximum atomic E-state index is 12.8. The van der Waals surface area contributed by atoms with E-state index in [1.807, 2.05) is 23.6 Å². The number of hydrogen-bond acceptors (Lipinski definition) is 4. The molecular formula is C17H31N3O4S. The first kappa shape index (κ1) is 20.2. The van der Waals surface area contributed by atoms with E-state index in [4.69, 9.17) is 0 Å². The van der Waals surface area contributed by atoms with Crippen LogP contribution in [-0.4, -0.2) is 79.9 Å². The van der Waals surface area contributed by atoms with Gasteiger partial charge in [0.05, 0.1) is 6.26 Å². The number of carbonyl (C=O) groups excluding carboxylic acids is 2. The summed E-state index contributed by atoms with van der Waals surface area (Å²) in [6.07, 6.45) is 3.74. The average Bonchev–Trinajstić information content (AvgIpc) is 2.79. The molecule has 0 radical (unpaired) electrons. The Morgan fingerprint density at radius 3 is 2.08 bits per heavy atom. The molecule has 2 aliphatic heterocycles. The van der Waals surface area contributed by atoms with E-state index in [0.717, 1.165) is 6.42 Å². The van der Waals surface area contributed by atoms with Gasteiger partial charge < -0.3 is 9.80 Å². The number of sulfonamides is 1. The highest BCUT2D eigenvalue weighted by Crippen LogP contribution is 2.22. The molecule has 144 valence electrons. The number of amides is 2. The van der Waals surface area contributed by atoms with Crippen molar-refractivity contribution in [2.45, 2.75) is 39.5 Å². The van der Waals surface area contributed by atoms with Crippen LogP contribution >= 0.6 is 0 Å². The summed E-state index contributed by atoms with van der Waals surface area (Å²) in [6.45, 7) is 7.47. The highest BCUT2D eigenvalue weighted by atomic mass is 32.2. The molecule has 2 rings (SSSR count). The van der Waals surface area contributed by atoms with Crippen LogP contribution in [-0.2, 0) is 19.6 Å². The highest BCUT2D eigenvalue weighted by Gasteiger charge is 2.32. The van der Waals surface area contributed by atoms with Gasteiger partial charge in [0, 0.05) is 51.6 Å². The summed E-state index contributed by atoms with van der Waals surface area (Å²) in [6, 6.07) is 0. The van der Waals surface area contributed by atoms with Gasteiger partial charge in [0.1, 0.15) is 0 Å². The topological polar surface area (TPSA) is 78.0 Å². The number of nitrogens with zero attached hydrogens (tertiary/aromatic N) is 3. The molecule has 2 heterocycles. The Morgan fingerprint density at radius 2 is 1.52 bits per heavy atom. The first-order chi connectivity index (χ1) is 11.7. The van der Waals surface area contributed by atoms with Gasteiger partial charge in [0.2, 0.25) is 21.8 Å². The summed E-state index contributed by atoms with van der Waals surface area (Å²) in [5.74, 6) is 0.529. The monoisotopic (exact) mass is 373 g/mol. The van der Waals surface area contributed by atoms with Crippen LogP contribution < -0.4 is 0 Å². The van der Waals surface area contributed by atoms with E-state index in [0.29, 0.717) is 64.4 Å². The molecule has 2 saturated heterocycles. The number of rotatable bonds is 4. The Labute approximate surface area is 151 Å². The molecule has 0 aromatic carbocycles. The van der Waals surface area contributed by atoms with Crippen molar-refractivity contribution in [1.82, 2.24) is 14.1 Å². The van der Waals surface area contributed by atoms with E-state index < -0.39 is 10.0 Å². The van der Waals surface area contributed by atoms with Gasteiger partial charge in [-0.05, 0) is 25.2 Å². The maximum Gasteiger partial charge on any atom is 0.225 e. The summed E-state index contributed by atoms with van der Waals surface area (Å²) >= 11 is 0. The molecule has 7 nitrogen and oxygen atoms in total. The molecule has 0 atom stereocenters. The van der Waals surface area contributed by atoms with Crippen molar-refractivity contribution in [3.8, 4) is 0 Å². The molecule has 0 saturated carbocycles. The second-order valence-corrected chi connectivity index (χ2v) is 9.58. The minimum atomic E-state index is -3.17. The molecule has 0 aromatic heterocycles. The Bertz CT molecular complexity index is 583.